The second-order valence-corrected chi connectivity index (χ2v) is 9.10. The van der Waals surface area contributed by atoms with E-state index in [1.165, 1.54) is 51.6 Å². The van der Waals surface area contributed by atoms with Gasteiger partial charge < -0.3 is 9.47 Å². The van der Waals surface area contributed by atoms with Crippen LogP contribution in [0.2, 0.25) is 0 Å². The first-order chi connectivity index (χ1) is 12.1. The minimum Gasteiger partial charge on any atom is -0.493 e. The molecule has 2 rings (SSSR count). The van der Waals surface area contributed by atoms with Crippen molar-refractivity contribution in [2.75, 3.05) is 36.6 Å². The van der Waals surface area contributed by atoms with Crippen LogP contribution in [0.4, 0.5) is 11.4 Å². The Morgan fingerprint density at radius 2 is 1.58 bits per heavy atom. The normalized spacial score (nSPS) is 11.7. The van der Waals surface area contributed by atoms with Gasteiger partial charge in [-0.05, 0) is 30.3 Å². The number of sulfonamides is 2. The summed E-state index contributed by atoms with van der Waals surface area (Å²) in [7, 11) is -3.11. The van der Waals surface area contributed by atoms with Crippen molar-refractivity contribution in [2.45, 2.75) is 4.90 Å². The van der Waals surface area contributed by atoms with Crippen LogP contribution in [0, 0.1) is 0 Å². The number of ether oxygens (including phenoxy) is 2. The summed E-state index contributed by atoms with van der Waals surface area (Å²) in [4.78, 5) is -0.0166. The molecule has 1 N–H and O–H groups in total. The quantitative estimate of drug-likeness (QED) is 0.762. The molecule has 0 atom stereocenters. The summed E-state index contributed by atoms with van der Waals surface area (Å²) >= 11 is 0. The van der Waals surface area contributed by atoms with Crippen molar-refractivity contribution < 1.29 is 26.3 Å². The van der Waals surface area contributed by atoms with Gasteiger partial charge in [-0.1, -0.05) is 6.07 Å². The van der Waals surface area contributed by atoms with Crippen molar-refractivity contribution in [1.82, 2.24) is 0 Å². The molecule has 0 aliphatic rings. The largest absolute Gasteiger partial charge is 0.493 e. The molecule has 0 aromatic heterocycles. The Labute approximate surface area is 153 Å². The molecule has 142 valence electrons. The van der Waals surface area contributed by atoms with Crippen LogP contribution >= 0.6 is 0 Å². The van der Waals surface area contributed by atoms with Gasteiger partial charge in [-0.15, -0.1) is 0 Å². The fourth-order valence-corrected chi connectivity index (χ4v) is 3.72. The number of nitrogens with zero attached hydrogens (tertiary/aromatic N) is 1. The van der Waals surface area contributed by atoms with Crippen LogP contribution in [-0.2, 0) is 20.0 Å². The van der Waals surface area contributed by atoms with Crippen molar-refractivity contribution in [3.05, 3.63) is 42.5 Å². The Hall–Kier alpha value is -2.46. The molecule has 2 aromatic carbocycles. The molecule has 0 spiro atoms. The standard InChI is InChI=1S/C16H20N2O6S2/c1-18(25(4,19)20)13-7-5-6-12(10-13)17-26(21,22)14-8-9-15(23-2)16(11-14)24-3/h5-11,17H,1-4H3. The lowest BCUT2D eigenvalue weighted by Gasteiger charge is -2.18. The zero-order chi connectivity index (χ0) is 19.5. The van der Waals surface area contributed by atoms with Gasteiger partial charge in [-0.3, -0.25) is 9.03 Å². The van der Waals surface area contributed by atoms with E-state index in [2.05, 4.69) is 4.72 Å². The first-order valence-electron chi connectivity index (χ1n) is 7.37. The first kappa shape index (κ1) is 19.9. The number of nitrogens with one attached hydrogen (secondary N) is 1. The van der Waals surface area contributed by atoms with Gasteiger partial charge in [0, 0.05) is 13.1 Å². The SMILES string of the molecule is COc1ccc(S(=O)(=O)Nc2cccc(N(C)S(C)(=O)=O)c2)cc1OC. The van der Waals surface area contributed by atoms with Crippen LogP contribution in [0.15, 0.2) is 47.4 Å². The maximum absolute atomic E-state index is 12.6. The minimum atomic E-state index is -3.90. The zero-order valence-corrected chi connectivity index (χ0v) is 16.4. The number of hydrogen-bond donors (Lipinski definition) is 1. The average Bonchev–Trinajstić information content (AvgIpc) is 2.59. The van der Waals surface area contributed by atoms with Crippen LogP contribution in [0.1, 0.15) is 0 Å². The van der Waals surface area contributed by atoms with E-state index in [-0.39, 0.29) is 16.3 Å². The number of benzene rings is 2. The van der Waals surface area contributed by atoms with Gasteiger partial charge in [0.2, 0.25) is 10.0 Å². The minimum absolute atomic E-state index is 0.0166. The predicted octanol–water partition coefficient (Wildman–Crippen LogP) is 1.90. The van der Waals surface area contributed by atoms with Crippen LogP contribution < -0.4 is 18.5 Å². The first-order valence-corrected chi connectivity index (χ1v) is 10.7. The van der Waals surface area contributed by atoms with E-state index >= 15 is 0 Å². The molecule has 0 bridgehead atoms. The predicted molar refractivity (Wildman–Crippen MR) is 100 cm³/mol. The molecular weight excluding hydrogens is 380 g/mol. The Morgan fingerprint density at radius 1 is 0.923 bits per heavy atom. The maximum Gasteiger partial charge on any atom is 0.262 e. The summed E-state index contributed by atoms with van der Waals surface area (Å²) in [5.41, 5.74) is 0.563. The second-order valence-electron chi connectivity index (χ2n) is 5.40. The molecular formula is C16H20N2O6S2. The van der Waals surface area contributed by atoms with E-state index in [0.29, 0.717) is 11.4 Å². The van der Waals surface area contributed by atoms with E-state index < -0.39 is 20.0 Å². The van der Waals surface area contributed by atoms with E-state index in [0.717, 1.165) is 10.6 Å². The van der Waals surface area contributed by atoms with E-state index in [9.17, 15) is 16.8 Å². The Balaban J connectivity index is 2.36. The smallest absolute Gasteiger partial charge is 0.262 e. The highest BCUT2D eigenvalue weighted by Gasteiger charge is 2.18. The molecule has 26 heavy (non-hydrogen) atoms. The lowest BCUT2D eigenvalue weighted by Crippen LogP contribution is -2.24. The molecule has 0 amide bonds. The summed E-state index contributed by atoms with van der Waals surface area (Å²) in [5, 5.41) is 0. The van der Waals surface area contributed by atoms with Crippen molar-refractivity contribution in [1.29, 1.82) is 0 Å². The van der Waals surface area contributed by atoms with Crippen molar-refractivity contribution in [3.8, 4) is 11.5 Å². The van der Waals surface area contributed by atoms with Crippen molar-refractivity contribution in [3.63, 3.8) is 0 Å². The molecule has 0 aliphatic carbocycles. The molecule has 0 aliphatic heterocycles. The number of hydrogen-bond acceptors (Lipinski definition) is 6. The van der Waals surface area contributed by atoms with E-state index in [1.807, 2.05) is 0 Å². The van der Waals surface area contributed by atoms with Gasteiger partial charge >= 0.3 is 0 Å². The van der Waals surface area contributed by atoms with E-state index in [1.54, 1.807) is 12.1 Å². The molecule has 0 unspecified atom stereocenters. The summed E-state index contributed by atoms with van der Waals surface area (Å²) in [5.74, 6) is 0.684. The van der Waals surface area contributed by atoms with Crippen molar-refractivity contribution in [2.24, 2.45) is 0 Å². The second kappa shape index (κ2) is 7.42. The fraction of sp³-hybridized carbons (Fsp3) is 0.250. The van der Waals surface area contributed by atoms with Crippen LogP contribution in [0.25, 0.3) is 0 Å². The number of rotatable bonds is 7. The van der Waals surface area contributed by atoms with E-state index in [4.69, 9.17) is 9.47 Å². The number of methoxy groups -OCH3 is 2. The third kappa shape index (κ3) is 4.38. The molecule has 8 nitrogen and oxygen atoms in total. The summed E-state index contributed by atoms with van der Waals surface area (Å²) in [6, 6.07) is 10.3. The Bertz CT molecular complexity index is 1000. The molecule has 2 aromatic rings. The fourth-order valence-electron chi connectivity index (χ4n) is 2.15. The Morgan fingerprint density at radius 3 is 2.15 bits per heavy atom. The number of anilines is 2. The average molecular weight is 400 g/mol. The van der Waals surface area contributed by atoms with Crippen LogP contribution in [0.3, 0.4) is 0 Å². The highest BCUT2D eigenvalue weighted by atomic mass is 32.2. The molecule has 0 radical (unpaired) electrons. The van der Waals surface area contributed by atoms with Crippen LogP contribution in [-0.4, -0.2) is 44.4 Å². The van der Waals surface area contributed by atoms with Gasteiger partial charge in [0.15, 0.2) is 11.5 Å². The lowest BCUT2D eigenvalue weighted by molar-refractivity contribution is 0.354. The van der Waals surface area contributed by atoms with Gasteiger partial charge in [0.1, 0.15) is 0 Å². The molecule has 0 fully saturated rings. The highest BCUT2D eigenvalue weighted by Crippen LogP contribution is 2.30. The molecule has 10 heteroatoms. The topological polar surface area (TPSA) is 102 Å². The van der Waals surface area contributed by atoms with Crippen LogP contribution in [0.5, 0.6) is 11.5 Å². The third-order valence-electron chi connectivity index (χ3n) is 3.62. The summed E-state index contributed by atoms with van der Waals surface area (Å²) < 4.78 is 62.2. The van der Waals surface area contributed by atoms with Crippen molar-refractivity contribution >= 4 is 31.4 Å². The monoisotopic (exact) mass is 400 g/mol. The molecule has 0 saturated carbocycles. The Kier molecular flexibility index (Phi) is 5.67. The summed E-state index contributed by atoms with van der Waals surface area (Å²) in [6.45, 7) is 0. The maximum atomic E-state index is 12.6. The zero-order valence-electron chi connectivity index (χ0n) is 14.8. The molecule has 0 heterocycles. The highest BCUT2D eigenvalue weighted by molar-refractivity contribution is 7.92. The van der Waals surface area contributed by atoms with Gasteiger partial charge in [-0.25, -0.2) is 16.8 Å². The summed E-state index contributed by atoms with van der Waals surface area (Å²) in [6.07, 6.45) is 1.06. The van der Waals surface area contributed by atoms with Gasteiger partial charge in [0.25, 0.3) is 10.0 Å². The molecule has 0 saturated heterocycles. The third-order valence-corrected chi connectivity index (χ3v) is 6.21. The lowest BCUT2D eigenvalue weighted by atomic mass is 10.3. The van der Waals surface area contributed by atoms with Gasteiger partial charge in [0.05, 0.1) is 36.7 Å². The van der Waals surface area contributed by atoms with Gasteiger partial charge in [-0.2, -0.15) is 0 Å².